The number of Topliss-reactive ketones (excluding diaryl/α,β-unsaturated/α-hetero) is 1. The lowest BCUT2D eigenvalue weighted by molar-refractivity contribution is -0.161. The molecule has 29 heavy (non-hydrogen) atoms. The van der Waals surface area contributed by atoms with Crippen LogP contribution in [-0.4, -0.2) is 29.9 Å². The fourth-order valence-corrected chi connectivity index (χ4v) is 4.95. The summed E-state index contributed by atoms with van der Waals surface area (Å²) in [5.41, 5.74) is 1.26. The van der Waals surface area contributed by atoms with Crippen molar-refractivity contribution in [2.45, 2.75) is 78.4 Å². The quantitative estimate of drug-likeness (QED) is 0.486. The van der Waals surface area contributed by atoms with Crippen molar-refractivity contribution in [1.29, 1.82) is 0 Å². The lowest BCUT2D eigenvalue weighted by atomic mass is 9.65. The SMILES string of the molecule is CCC(C)C(=O)O[C@H]1C[C@@H](C)C=C2C=C[C@H](C)[C@H](CCC3CC(=O)CC(=O)O3)[C@H]21. The number of cyclic esters (lactones) is 1. The Morgan fingerprint density at radius 1 is 1.28 bits per heavy atom. The molecule has 1 aliphatic heterocycles. The number of hydrogen-bond acceptors (Lipinski definition) is 5. The van der Waals surface area contributed by atoms with Gasteiger partial charge < -0.3 is 9.47 Å². The van der Waals surface area contributed by atoms with Crippen molar-refractivity contribution in [1.82, 2.24) is 0 Å². The standard InChI is InChI=1S/C24H34O5/c1-5-15(3)24(27)29-21-11-14(2)10-17-7-6-16(4)20(23(17)21)9-8-19-12-18(25)13-22(26)28-19/h6-7,10,14-16,19-21,23H,5,8-9,11-13H2,1-4H3/t14-,15?,16-,19?,20-,21-,23-/m0/s1. The zero-order chi connectivity index (χ0) is 21.1. The molecule has 7 atom stereocenters. The first-order valence-corrected chi connectivity index (χ1v) is 11.1. The van der Waals surface area contributed by atoms with Gasteiger partial charge in [0.1, 0.15) is 24.4 Å². The molecule has 0 bridgehead atoms. The van der Waals surface area contributed by atoms with Crippen LogP contribution < -0.4 is 0 Å². The van der Waals surface area contributed by atoms with E-state index in [9.17, 15) is 14.4 Å². The predicted molar refractivity (Wildman–Crippen MR) is 110 cm³/mol. The number of esters is 2. The number of allylic oxidation sites excluding steroid dienone is 3. The number of fused-ring (bicyclic) bond motifs is 1. The van der Waals surface area contributed by atoms with Crippen LogP contribution in [0.5, 0.6) is 0 Å². The molecule has 0 aromatic rings. The Kier molecular flexibility index (Phi) is 6.97. The van der Waals surface area contributed by atoms with Crippen molar-refractivity contribution in [2.24, 2.45) is 29.6 Å². The molecule has 0 aromatic heterocycles. The monoisotopic (exact) mass is 402 g/mol. The molecule has 0 radical (unpaired) electrons. The second-order valence-corrected chi connectivity index (χ2v) is 9.18. The van der Waals surface area contributed by atoms with Gasteiger partial charge in [0.05, 0.1) is 5.92 Å². The van der Waals surface area contributed by atoms with Gasteiger partial charge >= 0.3 is 11.9 Å². The fraction of sp³-hybridized carbons (Fsp3) is 0.708. The number of ether oxygens (including phenoxy) is 2. The van der Waals surface area contributed by atoms with Crippen molar-refractivity contribution in [3.63, 3.8) is 0 Å². The minimum atomic E-state index is -0.407. The molecule has 5 nitrogen and oxygen atoms in total. The van der Waals surface area contributed by atoms with E-state index in [-0.39, 0.29) is 42.2 Å². The lowest BCUT2D eigenvalue weighted by Gasteiger charge is -2.43. The summed E-state index contributed by atoms with van der Waals surface area (Å²) in [6.07, 6.45) is 9.62. The first kappa shape index (κ1) is 21.8. The summed E-state index contributed by atoms with van der Waals surface area (Å²) in [5, 5.41) is 0. The van der Waals surface area contributed by atoms with Crippen LogP contribution in [0.4, 0.5) is 0 Å². The van der Waals surface area contributed by atoms with Crippen LogP contribution in [0.3, 0.4) is 0 Å². The first-order chi connectivity index (χ1) is 13.8. The summed E-state index contributed by atoms with van der Waals surface area (Å²) in [5.74, 6) is 0.516. The predicted octanol–water partition coefficient (Wildman–Crippen LogP) is 4.40. The highest BCUT2D eigenvalue weighted by atomic mass is 16.5. The van der Waals surface area contributed by atoms with Gasteiger partial charge in [-0.2, -0.15) is 0 Å². The van der Waals surface area contributed by atoms with E-state index in [4.69, 9.17) is 9.47 Å². The molecule has 2 unspecified atom stereocenters. The van der Waals surface area contributed by atoms with Gasteiger partial charge in [0.25, 0.3) is 0 Å². The zero-order valence-electron chi connectivity index (χ0n) is 18.1. The van der Waals surface area contributed by atoms with Crippen LogP contribution in [0.1, 0.15) is 66.2 Å². The molecule has 1 saturated heterocycles. The Hall–Kier alpha value is -1.91. The summed E-state index contributed by atoms with van der Waals surface area (Å²) in [7, 11) is 0. The Morgan fingerprint density at radius 2 is 2.03 bits per heavy atom. The Labute approximate surface area is 173 Å². The van der Waals surface area contributed by atoms with E-state index in [1.807, 2.05) is 13.8 Å². The largest absolute Gasteiger partial charge is 0.462 e. The molecule has 0 spiro atoms. The molecular weight excluding hydrogens is 368 g/mol. The van der Waals surface area contributed by atoms with Crippen LogP contribution in [0.2, 0.25) is 0 Å². The smallest absolute Gasteiger partial charge is 0.313 e. The van der Waals surface area contributed by atoms with E-state index < -0.39 is 5.97 Å². The Bertz CT molecular complexity index is 690. The van der Waals surface area contributed by atoms with Crippen LogP contribution >= 0.6 is 0 Å². The molecule has 0 aromatic carbocycles. The maximum absolute atomic E-state index is 12.5. The van der Waals surface area contributed by atoms with Crippen molar-refractivity contribution in [2.75, 3.05) is 0 Å². The number of ketones is 1. The van der Waals surface area contributed by atoms with E-state index in [1.54, 1.807) is 0 Å². The molecule has 3 rings (SSSR count). The first-order valence-electron chi connectivity index (χ1n) is 11.1. The fourth-order valence-electron chi connectivity index (χ4n) is 4.95. The summed E-state index contributed by atoms with van der Waals surface area (Å²) in [6, 6.07) is 0. The van der Waals surface area contributed by atoms with E-state index in [0.29, 0.717) is 30.6 Å². The minimum Gasteiger partial charge on any atom is -0.462 e. The van der Waals surface area contributed by atoms with Crippen molar-refractivity contribution in [3.05, 3.63) is 23.8 Å². The van der Waals surface area contributed by atoms with Gasteiger partial charge in [0.15, 0.2) is 0 Å². The second-order valence-electron chi connectivity index (χ2n) is 9.18. The van der Waals surface area contributed by atoms with Crippen LogP contribution in [-0.2, 0) is 23.9 Å². The van der Waals surface area contributed by atoms with Gasteiger partial charge in [-0.05, 0) is 49.0 Å². The second kappa shape index (κ2) is 9.27. The average molecular weight is 403 g/mol. The lowest BCUT2D eigenvalue weighted by Crippen LogP contribution is -2.42. The third-order valence-electron chi connectivity index (χ3n) is 6.79. The molecule has 1 fully saturated rings. The molecule has 0 amide bonds. The topological polar surface area (TPSA) is 69.7 Å². The normalized spacial score (nSPS) is 35.4. The third-order valence-corrected chi connectivity index (χ3v) is 6.79. The maximum atomic E-state index is 12.5. The summed E-state index contributed by atoms with van der Waals surface area (Å²) < 4.78 is 11.4. The number of carbonyl (C=O) groups is 3. The molecular formula is C24H34O5. The molecule has 0 N–H and O–H groups in total. The summed E-state index contributed by atoms with van der Waals surface area (Å²) in [4.78, 5) is 35.9. The Balaban J connectivity index is 1.75. The number of carbonyl (C=O) groups excluding carboxylic acids is 3. The third kappa shape index (κ3) is 5.18. The summed E-state index contributed by atoms with van der Waals surface area (Å²) >= 11 is 0. The van der Waals surface area contributed by atoms with E-state index in [2.05, 4.69) is 32.1 Å². The van der Waals surface area contributed by atoms with E-state index in [1.165, 1.54) is 5.57 Å². The maximum Gasteiger partial charge on any atom is 0.313 e. The molecule has 0 saturated carbocycles. The summed E-state index contributed by atoms with van der Waals surface area (Å²) in [6.45, 7) is 8.28. The minimum absolute atomic E-state index is 0.0322. The van der Waals surface area contributed by atoms with Crippen molar-refractivity contribution in [3.8, 4) is 0 Å². The highest BCUT2D eigenvalue weighted by molar-refractivity contribution is 5.97. The highest BCUT2D eigenvalue weighted by Gasteiger charge is 2.42. The number of rotatable bonds is 6. The van der Waals surface area contributed by atoms with Crippen LogP contribution in [0.25, 0.3) is 0 Å². The average Bonchev–Trinajstić information content (AvgIpc) is 2.65. The van der Waals surface area contributed by atoms with Crippen LogP contribution in [0, 0.1) is 29.6 Å². The van der Waals surface area contributed by atoms with E-state index >= 15 is 0 Å². The molecule has 160 valence electrons. The molecule has 5 heteroatoms. The van der Waals surface area contributed by atoms with Gasteiger partial charge in [-0.15, -0.1) is 0 Å². The molecule has 1 heterocycles. The molecule has 2 aliphatic carbocycles. The molecule has 3 aliphatic rings. The van der Waals surface area contributed by atoms with Gasteiger partial charge in [0, 0.05) is 12.3 Å². The van der Waals surface area contributed by atoms with Gasteiger partial charge in [-0.25, -0.2) is 0 Å². The van der Waals surface area contributed by atoms with Gasteiger partial charge in [0.2, 0.25) is 0 Å². The zero-order valence-corrected chi connectivity index (χ0v) is 18.1. The highest BCUT2D eigenvalue weighted by Crippen LogP contribution is 2.45. The van der Waals surface area contributed by atoms with Crippen molar-refractivity contribution >= 4 is 17.7 Å². The van der Waals surface area contributed by atoms with Crippen molar-refractivity contribution < 1.29 is 23.9 Å². The number of hydrogen-bond donors (Lipinski definition) is 0. The van der Waals surface area contributed by atoms with Gasteiger partial charge in [-0.3, -0.25) is 14.4 Å². The Morgan fingerprint density at radius 3 is 2.72 bits per heavy atom. The van der Waals surface area contributed by atoms with Gasteiger partial charge in [-0.1, -0.05) is 45.9 Å². The van der Waals surface area contributed by atoms with Crippen LogP contribution in [0.15, 0.2) is 23.8 Å². The van der Waals surface area contributed by atoms with E-state index in [0.717, 1.165) is 19.3 Å².